The second-order valence-electron chi connectivity index (χ2n) is 6.07. The molecule has 2 unspecified atom stereocenters. The summed E-state index contributed by atoms with van der Waals surface area (Å²) in [5.74, 6) is 0.530. The molecule has 17 heavy (non-hydrogen) atoms. The number of fused-ring (bicyclic) bond motifs is 2. The Kier molecular flexibility index (Phi) is 2.77. The monoisotopic (exact) mass is 255 g/mol. The highest BCUT2D eigenvalue weighted by Gasteiger charge is 2.60. The quantitative estimate of drug-likeness (QED) is 0.728. The van der Waals surface area contributed by atoms with E-state index >= 15 is 0 Å². The molecule has 0 aromatic rings. The number of sulfonamides is 1. The molecule has 2 fully saturated rings. The third-order valence-corrected chi connectivity index (χ3v) is 6.25. The predicted octanol–water partition coefficient (Wildman–Crippen LogP) is 2.79. The minimum atomic E-state index is -3.36. The molecule has 0 aliphatic heterocycles. The predicted molar refractivity (Wildman–Crippen MR) is 70.6 cm³/mol. The molecule has 2 aliphatic carbocycles. The summed E-state index contributed by atoms with van der Waals surface area (Å²) in [5.41, 5.74) is 1.03. The Morgan fingerprint density at radius 2 is 2.12 bits per heavy atom. The smallest absolute Gasteiger partial charge is 0.204 e. The SMILES string of the molecule is C=CCS(=O)(=O)N=C1CC2CCC1(C)C2(C)C. The van der Waals surface area contributed by atoms with Crippen molar-refractivity contribution in [1.82, 2.24) is 0 Å². The Morgan fingerprint density at radius 1 is 1.47 bits per heavy atom. The first-order valence-electron chi connectivity index (χ1n) is 6.16. The largest absolute Gasteiger partial charge is 0.256 e. The minimum Gasteiger partial charge on any atom is -0.204 e. The molecule has 2 rings (SSSR count). The van der Waals surface area contributed by atoms with Gasteiger partial charge in [-0.1, -0.05) is 26.8 Å². The summed E-state index contributed by atoms with van der Waals surface area (Å²) in [6.07, 6.45) is 4.51. The van der Waals surface area contributed by atoms with E-state index in [1.807, 2.05) is 0 Å². The second kappa shape index (κ2) is 3.67. The van der Waals surface area contributed by atoms with Crippen LogP contribution in [0.25, 0.3) is 0 Å². The number of hydrogen-bond donors (Lipinski definition) is 0. The maximum absolute atomic E-state index is 11.8. The summed E-state index contributed by atoms with van der Waals surface area (Å²) in [4.78, 5) is 0. The number of hydrogen-bond acceptors (Lipinski definition) is 2. The van der Waals surface area contributed by atoms with Crippen molar-refractivity contribution in [2.45, 2.75) is 40.0 Å². The molecule has 0 heterocycles. The average Bonchev–Trinajstić information content (AvgIpc) is 2.49. The Morgan fingerprint density at radius 3 is 2.53 bits per heavy atom. The van der Waals surface area contributed by atoms with Gasteiger partial charge in [0.1, 0.15) is 0 Å². The zero-order chi connectivity index (χ0) is 12.9. The zero-order valence-corrected chi connectivity index (χ0v) is 11.7. The first-order valence-corrected chi connectivity index (χ1v) is 7.77. The van der Waals surface area contributed by atoms with Gasteiger partial charge in [0.15, 0.2) is 0 Å². The van der Waals surface area contributed by atoms with Crippen molar-refractivity contribution in [2.75, 3.05) is 5.75 Å². The van der Waals surface area contributed by atoms with Gasteiger partial charge in [0.2, 0.25) is 0 Å². The summed E-state index contributed by atoms with van der Waals surface area (Å²) >= 11 is 0. The van der Waals surface area contributed by atoms with Crippen LogP contribution >= 0.6 is 0 Å². The van der Waals surface area contributed by atoms with Gasteiger partial charge in [0.05, 0.1) is 5.75 Å². The standard InChI is InChI=1S/C13H21NO2S/c1-5-8-17(15,16)14-11-9-10-6-7-13(11,4)12(10,2)3/h5,10H,1,6-9H2,2-4H3. The molecule has 4 heteroatoms. The summed E-state index contributed by atoms with van der Waals surface area (Å²) < 4.78 is 27.6. The van der Waals surface area contributed by atoms with Gasteiger partial charge in [-0.05, 0) is 30.6 Å². The first-order chi connectivity index (χ1) is 7.73. The first kappa shape index (κ1) is 12.8. The highest BCUT2D eigenvalue weighted by Crippen LogP contribution is 2.64. The van der Waals surface area contributed by atoms with E-state index in [0.29, 0.717) is 5.92 Å². The molecule has 2 saturated carbocycles. The lowest BCUT2D eigenvalue weighted by Gasteiger charge is -2.34. The third kappa shape index (κ3) is 1.77. The lowest BCUT2D eigenvalue weighted by atomic mass is 9.70. The van der Waals surface area contributed by atoms with E-state index in [1.54, 1.807) is 0 Å². The van der Waals surface area contributed by atoms with Gasteiger partial charge >= 0.3 is 0 Å². The minimum absolute atomic E-state index is 0.0358. The van der Waals surface area contributed by atoms with Gasteiger partial charge in [0.25, 0.3) is 10.0 Å². The fraction of sp³-hybridized carbons (Fsp3) is 0.769. The van der Waals surface area contributed by atoms with Crippen molar-refractivity contribution in [2.24, 2.45) is 21.1 Å². The molecule has 3 nitrogen and oxygen atoms in total. The maximum atomic E-state index is 11.8. The van der Waals surface area contributed by atoms with Crippen LogP contribution in [0.2, 0.25) is 0 Å². The van der Waals surface area contributed by atoms with E-state index in [4.69, 9.17) is 0 Å². The van der Waals surface area contributed by atoms with E-state index in [0.717, 1.165) is 18.6 Å². The molecular formula is C13H21NO2S. The van der Waals surface area contributed by atoms with E-state index in [1.165, 1.54) is 12.5 Å². The van der Waals surface area contributed by atoms with Gasteiger partial charge in [0, 0.05) is 11.1 Å². The molecule has 0 radical (unpaired) electrons. The molecule has 2 aliphatic rings. The normalized spacial score (nSPS) is 37.6. The zero-order valence-electron chi connectivity index (χ0n) is 10.9. The summed E-state index contributed by atoms with van der Waals surface area (Å²) in [5, 5.41) is 0. The Hall–Kier alpha value is -0.640. The van der Waals surface area contributed by atoms with Crippen LogP contribution in [0.5, 0.6) is 0 Å². The summed E-state index contributed by atoms with van der Waals surface area (Å²) in [6.45, 7) is 10.1. The average molecular weight is 255 g/mol. The molecule has 0 saturated heterocycles. The van der Waals surface area contributed by atoms with Crippen LogP contribution in [-0.2, 0) is 10.0 Å². The van der Waals surface area contributed by atoms with Gasteiger partial charge < -0.3 is 0 Å². The van der Waals surface area contributed by atoms with E-state index in [2.05, 4.69) is 31.7 Å². The van der Waals surface area contributed by atoms with Crippen LogP contribution in [0.15, 0.2) is 17.1 Å². The Balaban J connectivity index is 2.39. The van der Waals surface area contributed by atoms with E-state index in [9.17, 15) is 8.42 Å². The van der Waals surface area contributed by atoms with Crippen molar-refractivity contribution >= 4 is 15.7 Å². The van der Waals surface area contributed by atoms with E-state index < -0.39 is 10.0 Å². The van der Waals surface area contributed by atoms with Crippen molar-refractivity contribution in [1.29, 1.82) is 0 Å². The van der Waals surface area contributed by atoms with Crippen molar-refractivity contribution in [3.63, 3.8) is 0 Å². The van der Waals surface area contributed by atoms with E-state index in [-0.39, 0.29) is 16.6 Å². The highest BCUT2D eigenvalue weighted by molar-refractivity contribution is 7.90. The van der Waals surface area contributed by atoms with Crippen molar-refractivity contribution < 1.29 is 8.42 Å². The van der Waals surface area contributed by atoms with Crippen molar-refractivity contribution in [3.05, 3.63) is 12.7 Å². The maximum Gasteiger partial charge on any atom is 0.256 e. The van der Waals surface area contributed by atoms with Gasteiger partial charge in [-0.2, -0.15) is 4.40 Å². The van der Waals surface area contributed by atoms with Crippen LogP contribution < -0.4 is 0 Å². The van der Waals surface area contributed by atoms with Crippen LogP contribution in [-0.4, -0.2) is 19.9 Å². The van der Waals surface area contributed by atoms with Crippen LogP contribution in [0.1, 0.15) is 40.0 Å². The Bertz CT molecular complexity index is 476. The third-order valence-electron chi connectivity index (χ3n) is 5.09. The summed E-state index contributed by atoms with van der Waals surface area (Å²) in [6, 6.07) is 0. The molecule has 96 valence electrons. The topological polar surface area (TPSA) is 46.5 Å². The number of nitrogens with zero attached hydrogens (tertiary/aromatic N) is 1. The molecule has 0 aromatic carbocycles. The van der Waals surface area contributed by atoms with Gasteiger partial charge in [-0.15, -0.1) is 6.58 Å². The molecule has 0 spiro atoms. The van der Waals surface area contributed by atoms with Crippen molar-refractivity contribution in [3.8, 4) is 0 Å². The Labute approximate surface area is 104 Å². The van der Waals surface area contributed by atoms with Gasteiger partial charge in [-0.25, -0.2) is 8.42 Å². The van der Waals surface area contributed by atoms with Gasteiger partial charge in [-0.3, -0.25) is 0 Å². The molecule has 2 atom stereocenters. The molecule has 0 amide bonds. The molecule has 0 aromatic heterocycles. The molecule has 2 bridgehead atoms. The summed E-state index contributed by atoms with van der Waals surface area (Å²) in [7, 11) is -3.36. The second-order valence-corrected chi connectivity index (χ2v) is 7.75. The fourth-order valence-electron chi connectivity index (χ4n) is 3.42. The lowest BCUT2D eigenvalue weighted by molar-refractivity contribution is 0.194. The molecule has 0 N–H and O–H groups in total. The van der Waals surface area contributed by atoms with Crippen LogP contribution in [0.3, 0.4) is 0 Å². The highest BCUT2D eigenvalue weighted by atomic mass is 32.2. The fourth-order valence-corrected chi connectivity index (χ4v) is 4.40. The van der Waals surface area contributed by atoms with Crippen LogP contribution in [0.4, 0.5) is 0 Å². The lowest BCUT2D eigenvalue weighted by Crippen LogP contribution is -2.33. The number of rotatable bonds is 3. The molecular weight excluding hydrogens is 234 g/mol. The van der Waals surface area contributed by atoms with Crippen LogP contribution in [0, 0.1) is 16.7 Å².